The predicted octanol–water partition coefficient (Wildman–Crippen LogP) is 2.42. The highest BCUT2D eigenvalue weighted by molar-refractivity contribution is 5.28. The van der Waals surface area contributed by atoms with Crippen molar-refractivity contribution in [3.63, 3.8) is 0 Å². The highest BCUT2D eigenvalue weighted by atomic mass is 16.5. The largest absolute Gasteiger partial charge is 0.339 e. The highest BCUT2D eigenvalue weighted by Gasteiger charge is 2.14. The van der Waals surface area contributed by atoms with E-state index in [0.29, 0.717) is 18.9 Å². The molecule has 4 heteroatoms. The van der Waals surface area contributed by atoms with Crippen molar-refractivity contribution in [1.29, 1.82) is 0 Å². The topological polar surface area (TPSA) is 64.9 Å². The number of nitrogens with zero attached hydrogens (tertiary/aromatic N) is 2. The zero-order valence-corrected chi connectivity index (χ0v) is 10.9. The number of aromatic nitrogens is 2. The molecule has 0 amide bonds. The molecule has 96 valence electrons. The Morgan fingerprint density at radius 3 is 2.83 bits per heavy atom. The Labute approximate surface area is 107 Å². The number of aryl methyl sites for hydroxylation is 1. The average Bonchev–Trinajstić information content (AvgIpc) is 2.81. The minimum Gasteiger partial charge on any atom is -0.339 e. The third-order valence-corrected chi connectivity index (χ3v) is 3.11. The van der Waals surface area contributed by atoms with Crippen LogP contribution in [-0.2, 0) is 6.42 Å². The Morgan fingerprint density at radius 1 is 1.33 bits per heavy atom. The lowest BCUT2D eigenvalue weighted by Crippen LogP contribution is -2.05. The van der Waals surface area contributed by atoms with E-state index in [1.54, 1.807) is 0 Å². The zero-order valence-electron chi connectivity index (χ0n) is 10.9. The molecule has 0 spiro atoms. The van der Waals surface area contributed by atoms with Gasteiger partial charge in [0.25, 0.3) is 0 Å². The van der Waals surface area contributed by atoms with Crippen LogP contribution < -0.4 is 5.73 Å². The van der Waals surface area contributed by atoms with Crippen molar-refractivity contribution in [2.75, 3.05) is 6.54 Å². The molecular weight excluding hydrogens is 226 g/mol. The lowest BCUT2D eigenvalue weighted by Gasteiger charge is -2.02. The van der Waals surface area contributed by atoms with Crippen molar-refractivity contribution >= 4 is 0 Å². The van der Waals surface area contributed by atoms with Crippen molar-refractivity contribution in [2.45, 2.75) is 32.6 Å². The third kappa shape index (κ3) is 2.96. The Morgan fingerprint density at radius 2 is 2.11 bits per heavy atom. The van der Waals surface area contributed by atoms with Gasteiger partial charge in [0, 0.05) is 12.3 Å². The summed E-state index contributed by atoms with van der Waals surface area (Å²) < 4.78 is 5.27. The fourth-order valence-corrected chi connectivity index (χ4v) is 1.89. The van der Waals surface area contributed by atoms with Gasteiger partial charge >= 0.3 is 0 Å². The van der Waals surface area contributed by atoms with Gasteiger partial charge < -0.3 is 10.3 Å². The maximum absolute atomic E-state index is 5.53. The van der Waals surface area contributed by atoms with Crippen molar-refractivity contribution in [3.8, 4) is 0 Å². The molecule has 0 fully saturated rings. The molecule has 1 aromatic carbocycles. The van der Waals surface area contributed by atoms with Crippen molar-refractivity contribution in [2.24, 2.45) is 5.73 Å². The van der Waals surface area contributed by atoms with Gasteiger partial charge in [-0.3, -0.25) is 0 Å². The van der Waals surface area contributed by atoms with E-state index < -0.39 is 0 Å². The molecule has 0 aliphatic heterocycles. The average molecular weight is 245 g/mol. The van der Waals surface area contributed by atoms with Gasteiger partial charge in [-0.25, -0.2) is 0 Å². The molecule has 1 atom stereocenters. The fourth-order valence-electron chi connectivity index (χ4n) is 1.89. The molecule has 0 aliphatic carbocycles. The Hall–Kier alpha value is -1.68. The molecule has 1 aromatic heterocycles. The minimum atomic E-state index is 0.230. The van der Waals surface area contributed by atoms with Crippen molar-refractivity contribution < 1.29 is 4.52 Å². The standard InChI is InChI=1S/C14H19N3O/c1-10-5-3-4-6-12(10)9-13-16-14(18-17-13)11(2)7-8-15/h3-6,11H,7-9,15H2,1-2H3. The van der Waals surface area contributed by atoms with Crippen LogP contribution in [-0.4, -0.2) is 16.7 Å². The van der Waals surface area contributed by atoms with Crippen LogP contribution in [0.4, 0.5) is 0 Å². The third-order valence-electron chi connectivity index (χ3n) is 3.11. The molecule has 1 heterocycles. The summed E-state index contributed by atoms with van der Waals surface area (Å²) in [6.45, 7) is 4.78. The molecule has 1 unspecified atom stereocenters. The summed E-state index contributed by atoms with van der Waals surface area (Å²) in [6.07, 6.45) is 1.58. The number of benzene rings is 1. The number of hydrogen-bond donors (Lipinski definition) is 1. The SMILES string of the molecule is Cc1ccccc1Cc1noc(C(C)CCN)n1. The van der Waals surface area contributed by atoms with Crippen LogP contribution in [0.1, 0.15) is 42.1 Å². The summed E-state index contributed by atoms with van der Waals surface area (Å²) in [7, 11) is 0. The lowest BCUT2D eigenvalue weighted by atomic mass is 10.1. The first-order chi connectivity index (χ1) is 8.70. The molecular formula is C14H19N3O. The summed E-state index contributed by atoms with van der Waals surface area (Å²) in [5.74, 6) is 1.65. The van der Waals surface area contributed by atoms with Gasteiger partial charge in [-0.1, -0.05) is 36.3 Å². The van der Waals surface area contributed by atoms with E-state index in [2.05, 4.69) is 36.1 Å². The zero-order chi connectivity index (χ0) is 13.0. The van der Waals surface area contributed by atoms with E-state index in [-0.39, 0.29) is 5.92 Å². The second-order valence-electron chi connectivity index (χ2n) is 4.63. The van der Waals surface area contributed by atoms with Gasteiger partial charge in [0.1, 0.15) is 0 Å². The molecule has 0 saturated heterocycles. The summed E-state index contributed by atoms with van der Waals surface area (Å²) >= 11 is 0. The quantitative estimate of drug-likeness (QED) is 0.878. The lowest BCUT2D eigenvalue weighted by molar-refractivity contribution is 0.351. The summed E-state index contributed by atoms with van der Waals surface area (Å²) in [4.78, 5) is 4.43. The molecule has 2 aromatic rings. The van der Waals surface area contributed by atoms with Gasteiger partial charge in [-0.05, 0) is 31.0 Å². The van der Waals surface area contributed by atoms with Gasteiger partial charge in [-0.15, -0.1) is 0 Å². The van der Waals surface area contributed by atoms with Crippen LogP contribution in [0.5, 0.6) is 0 Å². The van der Waals surface area contributed by atoms with Crippen LogP contribution in [0.3, 0.4) is 0 Å². The molecule has 0 radical (unpaired) electrons. The van der Waals surface area contributed by atoms with Crippen LogP contribution in [0, 0.1) is 6.92 Å². The monoisotopic (exact) mass is 245 g/mol. The van der Waals surface area contributed by atoms with Gasteiger partial charge in [0.15, 0.2) is 5.82 Å². The maximum atomic E-state index is 5.53. The van der Waals surface area contributed by atoms with Crippen LogP contribution in [0.15, 0.2) is 28.8 Å². The Balaban J connectivity index is 2.09. The van der Waals surface area contributed by atoms with E-state index in [1.165, 1.54) is 11.1 Å². The van der Waals surface area contributed by atoms with Crippen LogP contribution >= 0.6 is 0 Å². The number of nitrogens with two attached hydrogens (primary N) is 1. The van der Waals surface area contributed by atoms with Crippen LogP contribution in [0.25, 0.3) is 0 Å². The molecule has 0 saturated carbocycles. The highest BCUT2D eigenvalue weighted by Crippen LogP contribution is 2.17. The van der Waals surface area contributed by atoms with Crippen molar-refractivity contribution in [3.05, 3.63) is 47.1 Å². The van der Waals surface area contributed by atoms with Gasteiger partial charge in [0.05, 0.1) is 0 Å². The Kier molecular flexibility index (Phi) is 4.10. The Bertz CT molecular complexity index is 507. The van der Waals surface area contributed by atoms with E-state index in [4.69, 9.17) is 10.3 Å². The first-order valence-electron chi connectivity index (χ1n) is 6.27. The van der Waals surface area contributed by atoms with E-state index in [9.17, 15) is 0 Å². The first-order valence-corrected chi connectivity index (χ1v) is 6.27. The first kappa shape index (κ1) is 12.8. The molecule has 4 nitrogen and oxygen atoms in total. The molecule has 0 bridgehead atoms. The van der Waals surface area contributed by atoms with E-state index in [0.717, 1.165) is 12.2 Å². The normalized spacial score (nSPS) is 12.6. The van der Waals surface area contributed by atoms with Crippen molar-refractivity contribution in [1.82, 2.24) is 10.1 Å². The number of hydrogen-bond acceptors (Lipinski definition) is 4. The predicted molar refractivity (Wildman–Crippen MR) is 70.4 cm³/mol. The van der Waals surface area contributed by atoms with Crippen LogP contribution in [0.2, 0.25) is 0 Å². The summed E-state index contributed by atoms with van der Waals surface area (Å²) in [5, 5.41) is 4.03. The molecule has 2 N–H and O–H groups in total. The van der Waals surface area contributed by atoms with Gasteiger partial charge in [-0.2, -0.15) is 4.98 Å². The van der Waals surface area contributed by atoms with E-state index >= 15 is 0 Å². The molecule has 2 rings (SSSR count). The van der Waals surface area contributed by atoms with Gasteiger partial charge in [0.2, 0.25) is 5.89 Å². The molecule has 18 heavy (non-hydrogen) atoms. The second kappa shape index (κ2) is 5.78. The maximum Gasteiger partial charge on any atom is 0.229 e. The smallest absolute Gasteiger partial charge is 0.229 e. The summed E-state index contributed by atoms with van der Waals surface area (Å²) in [6, 6.07) is 8.24. The second-order valence-corrected chi connectivity index (χ2v) is 4.63. The molecule has 0 aliphatic rings. The minimum absolute atomic E-state index is 0.230. The fraction of sp³-hybridized carbons (Fsp3) is 0.429. The summed E-state index contributed by atoms with van der Waals surface area (Å²) in [5.41, 5.74) is 8.01. The number of rotatable bonds is 5. The van der Waals surface area contributed by atoms with E-state index in [1.807, 2.05) is 12.1 Å².